The maximum absolute atomic E-state index is 11.8. The Morgan fingerprint density at radius 2 is 1.87 bits per heavy atom. The van der Waals surface area contributed by atoms with E-state index in [9.17, 15) is 4.79 Å². The van der Waals surface area contributed by atoms with Crippen molar-refractivity contribution in [3.8, 4) is 0 Å². The molecule has 0 N–H and O–H groups in total. The van der Waals surface area contributed by atoms with Crippen LogP contribution in [0.1, 0.15) is 22.7 Å². The maximum atomic E-state index is 11.8. The average molecular weight is 329 g/mol. The van der Waals surface area contributed by atoms with Gasteiger partial charge < -0.3 is 9.64 Å². The summed E-state index contributed by atoms with van der Waals surface area (Å²) < 4.78 is 5.40. The lowest BCUT2D eigenvalue weighted by atomic mass is 9.91. The fourth-order valence-electron chi connectivity index (χ4n) is 2.54. The molecule has 0 fully saturated rings. The summed E-state index contributed by atoms with van der Waals surface area (Å²) in [6, 6.07) is 15.5. The lowest BCUT2D eigenvalue weighted by Crippen LogP contribution is -2.28. The van der Waals surface area contributed by atoms with Crippen LogP contribution in [0.2, 0.25) is 5.02 Å². The average Bonchev–Trinajstić information content (AvgIpc) is 2.55. The zero-order valence-electron chi connectivity index (χ0n) is 13.0. The zero-order chi connectivity index (χ0) is 16.4. The molecule has 0 aromatic heterocycles. The van der Waals surface area contributed by atoms with Gasteiger partial charge in [-0.15, -0.1) is 0 Å². The van der Waals surface area contributed by atoms with E-state index < -0.39 is 6.09 Å². The predicted octanol–water partition coefficient (Wildman–Crippen LogP) is 4.08. The number of ether oxygens (including phenoxy) is 1. The Hall–Kier alpha value is -2.33. The molecule has 2 aromatic carbocycles. The van der Waals surface area contributed by atoms with Gasteiger partial charge in [-0.1, -0.05) is 48.0 Å². The normalized spacial score (nSPS) is 16.3. The minimum atomic E-state index is -0.419. The largest absolute Gasteiger partial charge is 0.415 e. The fraction of sp³-hybridized carbons (Fsp3) is 0.222. The van der Waals surface area contributed by atoms with E-state index in [0.717, 1.165) is 16.7 Å². The number of amides is 1. The zero-order valence-corrected chi connectivity index (χ0v) is 13.7. The molecule has 0 saturated carbocycles. The SMILES string of the molecule is CN(C)C(=O)OC1=NC(c2ccc(Cl)cc2)c2ccccc2C1. The van der Waals surface area contributed by atoms with Gasteiger partial charge in [-0.05, 0) is 28.8 Å². The van der Waals surface area contributed by atoms with Crippen LogP contribution in [0.15, 0.2) is 53.5 Å². The topological polar surface area (TPSA) is 41.9 Å². The molecule has 1 aliphatic heterocycles. The molecule has 1 unspecified atom stereocenters. The van der Waals surface area contributed by atoms with E-state index in [0.29, 0.717) is 17.3 Å². The van der Waals surface area contributed by atoms with Crippen LogP contribution in [0.25, 0.3) is 0 Å². The summed E-state index contributed by atoms with van der Waals surface area (Å²) >= 11 is 5.97. The van der Waals surface area contributed by atoms with Gasteiger partial charge in [0.2, 0.25) is 5.90 Å². The molecular weight excluding hydrogens is 312 g/mol. The molecular formula is C18H17ClN2O2. The second-order valence-corrected chi connectivity index (χ2v) is 6.05. The van der Waals surface area contributed by atoms with Gasteiger partial charge in [-0.3, -0.25) is 0 Å². The first-order chi connectivity index (χ1) is 11.0. The Morgan fingerprint density at radius 1 is 1.17 bits per heavy atom. The third kappa shape index (κ3) is 3.37. The van der Waals surface area contributed by atoms with E-state index in [4.69, 9.17) is 16.3 Å². The van der Waals surface area contributed by atoms with Crippen molar-refractivity contribution in [2.24, 2.45) is 4.99 Å². The highest BCUT2D eigenvalue weighted by molar-refractivity contribution is 6.30. The summed E-state index contributed by atoms with van der Waals surface area (Å²) in [5, 5.41) is 0.682. The smallest absolute Gasteiger partial charge is 0.395 e. The summed E-state index contributed by atoms with van der Waals surface area (Å²) in [6.07, 6.45) is 0.0952. The van der Waals surface area contributed by atoms with Gasteiger partial charge in [0.25, 0.3) is 0 Å². The first kappa shape index (κ1) is 15.6. The number of halogens is 1. The highest BCUT2D eigenvalue weighted by Gasteiger charge is 2.25. The second-order valence-electron chi connectivity index (χ2n) is 5.61. The number of rotatable bonds is 1. The van der Waals surface area contributed by atoms with E-state index in [1.165, 1.54) is 4.90 Å². The molecule has 4 nitrogen and oxygen atoms in total. The van der Waals surface area contributed by atoms with Crippen molar-refractivity contribution in [2.75, 3.05) is 14.1 Å². The van der Waals surface area contributed by atoms with Crippen LogP contribution < -0.4 is 0 Å². The van der Waals surface area contributed by atoms with Crippen LogP contribution in [-0.2, 0) is 11.2 Å². The van der Waals surface area contributed by atoms with Crippen molar-refractivity contribution in [3.05, 3.63) is 70.2 Å². The lowest BCUT2D eigenvalue weighted by molar-refractivity contribution is 0.167. The number of hydrogen-bond acceptors (Lipinski definition) is 3. The quantitative estimate of drug-likeness (QED) is 0.791. The van der Waals surface area contributed by atoms with Crippen LogP contribution in [-0.4, -0.2) is 31.0 Å². The van der Waals surface area contributed by atoms with E-state index in [1.54, 1.807) is 14.1 Å². The Balaban J connectivity index is 1.98. The van der Waals surface area contributed by atoms with Gasteiger partial charge in [0.15, 0.2) is 0 Å². The molecule has 1 atom stereocenters. The Labute approximate surface area is 140 Å². The standard InChI is InChI=1S/C18H17ClN2O2/c1-21(2)18(22)23-16-11-13-5-3-4-6-15(13)17(20-16)12-7-9-14(19)10-8-12/h3-10,17H,11H2,1-2H3. The molecule has 118 valence electrons. The van der Waals surface area contributed by atoms with Gasteiger partial charge in [0.05, 0.1) is 0 Å². The highest BCUT2D eigenvalue weighted by Crippen LogP contribution is 2.33. The summed E-state index contributed by atoms with van der Waals surface area (Å²) in [6.45, 7) is 0. The van der Waals surface area contributed by atoms with Gasteiger partial charge in [-0.25, -0.2) is 9.79 Å². The number of hydrogen-bond donors (Lipinski definition) is 0. The summed E-state index contributed by atoms with van der Waals surface area (Å²) in [7, 11) is 3.30. The van der Waals surface area contributed by atoms with E-state index in [1.807, 2.05) is 42.5 Å². The Bertz CT molecular complexity index is 754. The van der Waals surface area contributed by atoms with Gasteiger partial charge in [0.1, 0.15) is 6.04 Å². The van der Waals surface area contributed by atoms with Crippen molar-refractivity contribution in [2.45, 2.75) is 12.5 Å². The van der Waals surface area contributed by atoms with Crippen molar-refractivity contribution in [1.29, 1.82) is 0 Å². The molecule has 5 heteroatoms. The van der Waals surface area contributed by atoms with E-state index >= 15 is 0 Å². The van der Waals surface area contributed by atoms with Crippen LogP contribution in [0.4, 0.5) is 4.79 Å². The molecule has 1 amide bonds. The number of carbonyl (C=O) groups excluding carboxylic acids is 1. The van der Waals surface area contributed by atoms with Crippen LogP contribution in [0.3, 0.4) is 0 Å². The number of carbonyl (C=O) groups is 1. The Kier molecular flexibility index (Phi) is 4.35. The summed E-state index contributed by atoms with van der Waals surface area (Å²) in [5.74, 6) is 0.433. The number of benzene rings is 2. The summed E-state index contributed by atoms with van der Waals surface area (Å²) in [5.41, 5.74) is 3.25. The fourth-order valence-corrected chi connectivity index (χ4v) is 2.66. The van der Waals surface area contributed by atoms with Crippen molar-refractivity contribution in [1.82, 2.24) is 4.90 Å². The third-order valence-electron chi connectivity index (χ3n) is 3.72. The minimum Gasteiger partial charge on any atom is -0.395 e. The van der Waals surface area contributed by atoms with Crippen LogP contribution in [0.5, 0.6) is 0 Å². The van der Waals surface area contributed by atoms with Crippen molar-refractivity contribution >= 4 is 23.6 Å². The molecule has 1 heterocycles. The van der Waals surface area contributed by atoms with Gasteiger partial charge in [0, 0.05) is 25.5 Å². The monoisotopic (exact) mass is 328 g/mol. The number of aliphatic imine (C=N–C) groups is 1. The minimum absolute atomic E-state index is 0.192. The van der Waals surface area contributed by atoms with Gasteiger partial charge in [-0.2, -0.15) is 0 Å². The van der Waals surface area contributed by atoms with Crippen molar-refractivity contribution < 1.29 is 9.53 Å². The first-order valence-corrected chi connectivity index (χ1v) is 7.71. The van der Waals surface area contributed by atoms with Gasteiger partial charge >= 0.3 is 6.09 Å². The lowest BCUT2D eigenvalue weighted by Gasteiger charge is -2.24. The highest BCUT2D eigenvalue weighted by atomic mass is 35.5. The molecule has 2 aromatic rings. The summed E-state index contributed by atoms with van der Waals surface area (Å²) in [4.78, 5) is 17.9. The molecule has 0 spiro atoms. The molecule has 3 rings (SSSR count). The molecule has 0 aliphatic carbocycles. The molecule has 1 aliphatic rings. The first-order valence-electron chi connectivity index (χ1n) is 7.33. The van der Waals surface area contributed by atoms with Crippen LogP contribution in [0, 0.1) is 0 Å². The predicted molar refractivity (Wildman–Crippen MR) is 91.0 cm³/mol. The second kappa shape index (κ2) is 6.42. The molecule has 23 heavy (non-hydrogen) atoms. The number of nitrogens with zero attached hydrogens (tertiary/aromatic N) is 2. The Morgan fingerprint density at radius 3 is 2.57 bits per heavy atom. The molecule has 0 saturated heterocycles. The van der Waals surface area contributed by atoms with E-state index in [-0.39, 0.29) is 6.04 Å². The molecule has 0 bridgehead atoms. The van der Waals surface area contributed by atoms with Crippen molar-refractivity contribution in [3.63, 3.8) is 0 Å². The molecule has 0 radical (unpaired) electrons. The van der Waals surface area contributed by atoms with Crippen LogP contribution >= 0.6 is 11.6 Å². The number of fused-ring (bicyclic) bond motifs is 1. The maximum Gasteiger partial charge on any atom is 0.415 e. The third-order valence-corrected chi connectivity index (χ3v) is 3.97. The van der Waals surface area contributed by atoms with E-state index in [2.05, 4.69) is 11.1 Å².